The molecule has 0 bridgehead atoms. The SMILES string of the molecule is CCCCCCCCOc1c(OC)cc(NC(C)CCCN2C(=O)c3ccccc3C2=O)c2nc(C(C)(C)C)cc(CC)c12. The van der Waals surface area contributed by atoms with E-state index in [4.69, 9.17) is 14.5 Å². The molecule has 0 fully saturated rings. The van der Waals surface area contributed by atoms with Gasteiger partial charge in [0, 0.05) is 29.8 Å². The van der Waals surface area contributed by atoms with Crippen LogP contribution < -0.4 is 14.8 Å². The van der Waals surface area contributed by atoms with Crippen molar-refractivity contribution in [1.29, 1.82) is 0 Å². The highest BCUT2D eigenvalue weighted by molar-refractivity contribution is 6.21. The van der Waals surface area contributed by atoms with E-state index in [-0.39, 0.29) is 23.3 Å². The van der Waals surface area contributed by atoms with Crippen LogP contribution >= 0.6 is 0 Å². The van der Waals surface area contributed by atoms with E-state index in [2.05, 4.69) is 52.9 Å². The number of hydrogen-bond acceptors (Lipinski definition) is 6. The summed E-state index contributed by atoms with van der Waals surface area (Å²) in [6.07, 6.45) is 9.52. The third-order valence-electron chi connectivity index (χ3n) is 8.50. The van der Waals surface area contributed by atoms with Gasteiger partial charge in [0.15, 0.2) is 11.5 Å². The van der Waals surface area contributed by atoms with Gasteiger partial charge in [0.05, 0.1) is 41.4 Å². The molecule has 1 atom stereocenters. The van der Waals surface area contributed by atoms with Crippen molar-refractivity contribution < 1.29 is 19.1 Å². The Morgan fingerprint density at radius 1 is 0.932 bits per heavy atom. The van der Waals surface area contributed by atoms with Gasteiger partial charge in [-0.25, -0.2) is 4.98 Å². The average molecular weight is 602 g/mol. The summed E-state index contributed by atoms with van der Waals surface area (Å²) in [4.78, 5) is 32.2. The maximum absolute atomic E-state index is 12.8. The molecule has 2 heterocycles. The number of pyridine rings is 1. The molecule has 1 unspecified atom stereocenters. The second-order valence-corrected chi connectivity index (χ2v) is 13.1. The number of rotatable bonds is 16. The highest BCUT2D eigenvalue weighted by Gasteiger charge is 2.34. The first-order valence-corrected chi connectivity index (χ1v) is 16.5. The molecule has 3 aromatic rings. The smallest absolute Gasteiger partial charge is 0.261 e. The fraction of sp³-hybridized carbons (Fsp3) is 0.541. The van der Waals surface area contributed by atoms with Crippen molar-refractivity contribution in [2.45, 2.75) is 111 Å². The molecular weight excluding hydrogens is 550 g/mol. The average Bonchev–Trinajstić information content (AvgIpc) is 3.25. The molecule has 4 rings (SSSR count). The first-order valence-electron chi connectivity index (χ1n) is 16.5. The number of nitrogens with zero attached hydrogens (tertiary/aromatic N) is 2. The number of benzene rings is 2. The quantitative estimate of drug-likeness (QED) is 0.131. The number of fused-ring (bicyclic) bond motifs is 2. The molecule has 2 amide bonds. The van der Waals surface area contributed by atoms with Gasteiger partial charge in [0.1, 0.15) is 0 Å². The number of imide groups is 1. The van der Waals surface area contributed by atoms with Crippen LogP contribution in [0.25, 0.3) is 10.9 Å². The predicted molar refractivity (Wildman–Crippen MR) is 179 cm³/mol. The van der Waals surface area contributed by atoms with Crippen molar-refractivity contribution >= 4 is 28.4 Å². The molecule has 1 aliphatic rings. The van der Waals surface area contributed by atoms with Gasteiger partial charge in [0.2, 0.25) is 0 Å². The monoisotopic (exact) mass is 601 g/mol. The molecule has 1 aliphatic heterocycles. The van der Waals surface area contributed by atoms with E-state index in [0.717, 1.165) is 53.7 Å². The molecule has 0 saturated carbocycles. The Morgan fingerprint density at radius 3 is 2.20 bits per heavy atom. The minimum absolute atomic E-state index is 0.0677. The Bertz CT molecular complexity index is 1420. The Labute approximate surface area is 263 Å². The number of unbranched alkanes of at least 4 members (excludes halogenated alkanes) is 5. The van der Waals surface area contributed by atoms with Gasteiger partial charge >= 0.3 is 0 Å². The maximum Gasteiger partial charge on any atom is 0.261 e. The predicted octanol–water partition coefficient (Wildman–Crippen LogP) is 8.72. The molecule has 0 spiro atoms. The van der Waals surface area contributed by atoms with E-state index in [1.54, 1.807) is 31.4 Å². The van der Waals surface area contributed by atoms with Crippen LogP contribution in [0.15, 0.2) is 36.4 Å². The molecule has 44 heavy (non-hydrogen) atoms. The second kappa shape index (κ2) is 14.9. The van der Waals surface area contributed by atoms with Crippen LogP contribution in [0.2, 0.25) is 0 Å². The third-order valence-corrected chi connectivity index (χ3v) is 8.50. The van der Waals surface area contributed by atoms with E-state index < -0.39 is 0 Å². The minimum atomic E-state index is -0.204. The van der Waals surface area contributed by atoms with Crippen LogP contribution in [0.4, 0.5) is 5.69 Å². The molecule has 7 heteroatoms. The van der Waals surface area contributed by atoms with E-state index in [1.165, 1.54) is 36.1 Å². The van der Waals surface area contributed by atoms with Crippen LogP contribution in [0.5, 0.6) is 11.5 Å². The van der Waals surface area contributed by atoms with Gasteiger partial charge < -0.3 is 14.8 Å². The highest BCUT2D eigenvalue weighted by Crippen LogP contribution is 2.43. The van der Waals surface area contributed by atoms with Crippen LogP contribution in [-0.4, -0.2) is 48.0 Å². The number of anilines is 1. The number of carbonyl (C=O) groups is 2. The third kappa shape index (κ3) is 7.54. The number of ether oxygens (including phenoxy) is 2. The Kier molecular flexibility index (Phi) is 11.3. The molecule has 7 nitrogen and oxygen atoms in total. The zero-order chi connectivity index (χ0) is 31.9. The molecule has 0 aliphatic carbocycles. The first kappa shape index (κ1) is 33.3. The van der Waals surface area contributed by atoms with Crippen LogP contribution in [0.1, 0.15) is 125 Å². The fourth-order valence-corrected chi connectivity index (χ4v) is 5.89. The summed E-state index contributed by atoms with van der Waals surface area (Å²) in [5.74, 6) is 1.06. The number of hydrogen-bond donors (Lipinski definition) is 1. The minimum Gasteiger partial charge on any atom is -0.493 e. The van der Waals surface area contributed by atoms with Gasteiger partial charge in [0.25, 0.3) is 11.8 Å². The summed E-state index contributed by atoms with van der Waals surface area (Å²) in [5, 5.41) is 4.70. The normalized spacial score (nSPS) is 13.8. The van der Waals surface area contributed by atoms with E-state index in [1.807, 2.05) is 6.07 Å². The van der Waals surface area contributed by atoms with Crippen molar-refractivity contribution in [2.75, 3.05) is 25.6 Å². The second-order valence-electron chi connectivity index (χ2n) is 13.1. The zero-order valence-corrected chi connectivity index (χ0v) is 27.8. The Morgan fingerprint density at radius 2 is 1.59 bits per heavy atom. The van der Waals surface area contributed by atoms with Crippen molar-refractivity contribution in [3.63, 3.8) is 0 Å². The Balaban J connectivity index is 1.55. The van der Waals surface area contributed by atoms with Crippen LogP contribution in [0, 0.1) is 0 Å². The summed E-state index contributed by atoms with van der Waals surface area (Å²) in [5.41, 5.74) is 4.89. The number of nitrogens with one attached hydrogen (secondary N) is 1. The zero-order valence-electron chi connectivity index (χ0n) is 27.8. The summed E-state index contributed by atoms with van der Waals surface area (Å²) >= 11 is 0. The van der Waals surface area contributed by atoms with Crippen molar-refractivity contribution in [2.24, 2.45) is 0 Å². The maximum atomic E-state index is 12.8. The van der Waals surface area contributed by atoms with Crippen LogP contribution in [0.3, 0.4) is 0 Å². The van der Waals surface area contributed by atoms with Crippen molar-refractivity contribution in [3.8, 4) is 11.5 Å². The number of methoxy groups -OCH3 is 1. The molecule has 238 valence electrons. The fourth-order valence-electron chi connectivity index (χ4n) is 5.89. The molecular formula is C37H51N3O4. The lowest BCUT2D eigenvalue weighted by Gasteiger charge is -2.25. The van der Waals surface area contributed by atoms with E-state index in [9.17, 15) is 9.59 Å². The number of amides is 2. The molecule has 0 radical (unpaired) electrons. The van der Waals surface area contributed by atoms with Crippen LogP contribution in [-0.2, 0) is 11.8 Å². The standard InChI is InChI=1S/C37H51N3O4/c1-8-10-11-12-13-16-22-44-34-30(43-7)24-29(33-32(34)26(9-2)23-31(39-33)37(4,5)6)38-25(3)18-17-21-40-35(41)27-19-14-15-20-28(27)36(40)42/h14-15,19-20,23-25,38H,8-13,16-18,21-22H2,1-7H3. The number of carbonyl (C=O) groups excluding carboxylic acids is 2. The van der Waals surface area contributed by atoms with E-state index >= 15 is 0 Å². The Hall–Kier alpha value is -3.61. The lowest BCUT2D eigenvalue weighted by atomic mass is 9.89. The number of aryl methyl sites for hydroxylation is 1. The molecule has 0 saturated heterocycles. The lowest BCUT2D eigenvalue weighted by Crippen LogP contribution is -2.31. The molecule has 1 N–H and O–H groups in total. The van der Waals surface area contributed by atoms with Gasteiger partial charge in [-0.05, 0) is 56.4 Å². The summed E-state index contributed by atoms with van der Waals surface area (Å²) in [6.45, 7) is 14.1. The summed E-state index contributed by atoms with van der Waals surface area (Å²) < 4.78 is 12.4. The first-order chi connectivity index (χ1) is 21.1. The van der Waals surface area contributed by atoms with Gasteiger partial charge in [-0.3, -0.25) is 14.5 Å². The van der Waals surface area contributed by atoms with Crippen molar-refractivity contribution in [1.82, 2.24) is 9.88 Å². The van der Waals surface area contributed by atoms with E-state index in [0.29, 0.717) is 36.4 Å². The number of aromatic nitrogens is 1. The van der Waals surface area contributed by atoms with Crippen molar-refractivity contribution in [3.05, 3.63) is 58.8 Å². The highest BCUT2D eigenvalue weighted by atomic mass is 16.5. The summed E-state index contributed by atoms with van der Waals surface area (Å²) in [6, 6.07) is 11.3. The lowest BCUT2D eigenvalue weighted by molar-refractivity contribution is 0.0651. The molecule has 2 aromatic carbocycles. The van der Waals surface area contributed by atoms with Gasteiger partial charge in [-0.1, -0.05) is 78.9 Å². The van der Waals surface area contributed by atoms with Gasteiger partial charge in [-0.15, -0.1) is 0 Å². The topological polar surface area (TPSA) is 80.8 Å². The largest absolute Gasteiger partial charge is 0.493 e. The summed E-state index contributed by atoms with van der Waals surface area (Å²) in [7, 11) is 1.69. The molecule has 1 aromatic heterocycles. The van der Waals surface area contributed by atoms with Gasteiger partial charge in [-0.2, -0.15) is 0 Å².